The number of ether oxygens (including phenoxy) is 4. The molecule has 0 radical (unpaired) electrons. The summed E-state index contributed by atoms with van der Waals surface area (Å²) in [7, 11) is -9.94. The zero-order valence-electron chi connectivity index (χ0n) is 73.1. The minimum Gasteiger partial charge on any atom is -0.462 e. The van der Waals surface area contributed by atoms with Gasteiger partial charge in [0.2, 0.25) is 0 Å². The van der Waals surface area contributed by atoms with E-state index >= 15 is 0 Å². The third kappa shape index (κ3) is 84.3. The van der Waals surface area contributed by atoms with Gasteiger partial charge in [-0.3, -0.25) is 37.3 Å². The minimum absolute atomic E-state index is 0.109. The molecule has 17 nitrogen and oxygen atoms in total. The van der Waals surface area contributed by atoms with E-state index in [9.17, 15) is 43.2 Å². The Morgan fingerprint density at radius 2 is 0.432 bits per heavy atom. The molecule has 0 aromatic rings. The number of carbonyl (C=O) groups is 4. The second-order valence-corrected chi connectivity index (χ2v) is 36.2. The van der Waals surface area contributed by atoms with Crippen molar-refractivity contribution in [3.8, 4) is 0 Å². The van der Waals surface area contributed by atoms with Crippen LogP contribution in [0.25, 0.3) is 0 Å². The molecule has 0 spiro atoms. The Kier molecular flexibility index (Phi) is 83.0. The molecule has 0 aliphatic carbocycles. The Balaban J connectivity index is 5.24. The van der Waals surface area contributed by atoms with E-state index in [0.29, 0.717) is 25.7 Å². The first-order valence-corrected chi connectivity index (χ1v) is 50.7. The number of carbonyl (C=O) groups excluding carboxylic acids is 4. The van der Waals surface area contributed by atoms with Crippen LogP contribution in [0, 0.1) is 5.92 Å². The van der Waals surface area contributed by atoms with Gasteiger partial charge in [0.05, 0.1) is 26.4 Å². The van der Waals surface area contributed by atoms with Gasteiger partial charge in [-0.05, 0) is 31.6 Å². The zero-order chi connectivity index (χ0) is 81.1. The van der Waals surface area contributed by atoms with Gasteiger partial charge in [0.15, 0.2) is 12.2 Å². The van der Waals surface area contributed by atoms with Crippen molar-refractivity contribution in [2.75, 3.05) is 39.6 Å². The summed E-state index contributed by atoms with van der Waals surface area (Å²) in [5.41, 5.74) is 0. The van der Waals surface area contributed by atoms with Gasteiger partial charge in [-0.2, -0.15) is 0 Å². The molecule has 0 fully saturated rings. The number of esters is 4. The predicted molar refractivity (Wildman–Crippen MR) is 460 cm³/mol. The maximum atomic E-state index is 13.2. The molecule has 0 saturated carbocycles. The van der Waals surface area contributed by atoms with Crippen LogP contribution in [0.3, 0.4) is 0 Å². The molecule has 19 heteroatoms. The number of hydrogen-bond acceptors (Lipinski definition) is 15. The lowest BCUT2D eigenvalue weighted by atomic mass is 9.99. The molecule has 0 aliphatic rings. The summed E-state index contributed by atoms with van der Waals surface area (Å²) in [6.07, 6.45) is 80.7. The molecule has 0 rings (SSSR count). The fourth-order valence-corrected chi connectivity index (χ4v) is 16.1. The van der Waals surface area contributed by atoms with Gasteiger partial charge in [-0.15, -0.1) is 0 Å². The summed E-state index contributed by atoms with van der Waals surface area (Å²) < 4.78 is 69.1. The summed E-state index contributed by atoms with van der Waals surface area (Å²) in [6, 6.07) is 0. The molecule has 3 unspecified atom stereocenters. The maximum absolute atomic E-state index is 13.2. The van der Waals surface area contributed by atoms with Crippen LogP contribution in [-0.4, -0.2) is 96.7 Å². The van der Waals surface area contributed by atoms with Crippen LogP contribution in [-0.2, 0) is 65.4 Å². The molecule has 0 bridgehead atoms. The van der Waals surface area contributed by atoms with E-state index in [1.807, 2.05) is 0 Å². The van der Waals surface area contributed by atoms with Crippen molar-refractivity contribution in [2.24, 2.45) is 5.92 Å². The first-order chi connectivity index (χ1) is 54.1. The van der Waals surface area contributed by atoms with Gasteiger partial charge < -0.3 is 33.8 Å². The van der Waals surface area contributed by atoms with Crippen LogP contribution in [0.4, 0.5) is 0 Å². The van der Waals surface area contributed by atoms with E-state index in [4.69, 9.17) is 37.0 Å². The van der Waals surface area contributed by atoms with E-state index in [0.717, 1.165) is 95.8 Å². The minimum atomic E-state index is -4.97. The van der Waals surface area contributed by atoms with E-state index in [2.05, 4.69) is 34.6 Å². The highest BCUT2D eigenvalue weighted by molar-refractivity contribution is 7.47. The number of hydrogen-bond donors (Lipinski definition) is 3. The average Bonchev–Trinajstić information content (AvgIpc) is 0.897. The summed E-state index contributed by atoms with van der Waals surface area (Å²) in [6.45, 7) is 7.40. The number of aliphatic hydroxyl groups is 1. The zero-order valence-corrected chi connectivity index (χ0v) is 74.9. The highest BCUT2D eigenvalue weighted by atomic mass is 31.2. The Morgan fingerprint density at radius 1 is 0.252 bits per heavy atom. The second-order valence-electron chi connectivity index (χ2n) is 33.3. The van der Waals surface area contributed by atoms with Crippen LogP contribution in [0.5, 0.6) is 0 Å². The standard InChI is InChI=1S/C92H180O17P2/c1-6-10-13-16-19-22-25-28-31-34-37-38-39-41-44-47-50-53-56-63-68-73-77-91(96)108-87(81-102-89(94)75-70-65-60-54-51-48-45-43-40-35-32-29-26-23-20-17-14-11-7-2)83-106-110(98,99)104-79-86(93)80-105-111(100,101)107-84-88(82-103-90(95)76-71-66-61-58-57-59-64-69-74-85(5)9-4)109-92(97)78-72-67-62-55-52-49-46-42-36-33-30-27-24-21-18-15-12-8-3/h85-88,93H,6-84H2,1-5H3,(H,98,99)(H,100,101)/t85?,86-,87-,88-/m1/s1. The quantitative estimate of drug-likeness (QED) is 0.0222. The maximum Gasteiger partial charge on any atom is 0.472 e. The molecule has 3 N–H and O–H groups in total. The average molecular weight is 1620 g/mol. The third-order valence-electron chi connectivity index (χ3n) is 22.1. The molecule has 111 heavy (non-hydrogen) atoms. The highest BCUT2D eigenvalue weighted by Gasteiger charge is 2.31. The smallest absolute Gasteiger partial charge is 0.462 e. The molecule has 6 atom stereocenters. The fourth-order valence-electron chi connectivity index (χ4n) is 14.5. The summed E-state index contributed by atoms with van der Waals surface area (Å²) in [5.74, 6) is -1.32. The van der Waals surface area contributed by atoms with Crippen LogP contribution >= 0.6 is 15.6 Å². The normalized spacial score (nSPS) is 13.9. The number of phosphoric acid groups is 2. The van der Waals surface area contributed by atoms with Crippen LogP contribution < -0.4 is 0 Å². The largest absolute Gasteiger partial charge is 0.472 e. The number of rotatable bonds is 92. The van der Waals surface area contributed by atoms with Crippen molar-refractivity contribution < 1.29 is 80.2 Å². The Hall–Kier alpha value is -1.94. The van der Waals surface area contributed by atoms with E-state index < -0.39 is 97.5 Å². The topological polar surface area (TPSA) is 237 Å². The highest BCUT2D eigenvalue weighted by Crippen LogP contribution is 2.45. The Bertz CT molecular complexity index is 2100. The second kappa shape index (κ2) is 84.5. The Morgan fingerprint density at radius 3 is 0.640 bits per heavy atom. The van der Waals surface area contributed by atoms with Crippen LogP contribution in [0.2, 0.25) is 0 Å². The van der Waals surface area contributed by atoms with Gasteiger partial charge in [0.25, 0.3) is 0 Å². The first-order valence-electron chi connectivity index (χ1n) is 47.7. The molecular weight excluding hydrogens is 1440 g/mol. The summed E-state index contributed by atoms with van der Waals surface area (Å²) in [4.78, 5) is 73.5. The first kappa shape index (κ1) is 109. The Labute approximate surface area is 683 Å². The third-order valence-corrected chi connectivity index (χ3v) is 24.0. The van der Waals surface area contributed by atoms with E-state index in [1.54, 1.807) is 0 Å². The summed E-state index contributed by atoms with van der Waals surface area (Å²) in [5, 5.41) is 10.7. The van der Waals surface area contributed by atoms with Crippen molar-refractivity contribution in [3.05, 3.63) is 0 Å². The van der Waals surface area contributed by atoms with Crippen LogP contribution in [0.1, 0.15) is 503 Å². The van der Waals surface area contributed by atoms with Gasteiger partial charge in [-0.1, -0.05) is 452 Å². The van der Waals surface area contributed by atoms with Gasteiger partial charge in [0.1, 0.15) is 19.3 Å². The van der Waals surface area contributed by atoms with Gasteiger partial charge >= 0.3 is 39.5 Å². The summed E-state index contributed by atoms with van der Waals surface area (Å²) >= 11 is 0. The molecule has 0 saturated heterocycles. The lowest BCUT2D eigenvalue weighted by molar-refractivity contribution is -0.161. The van der Waals surface area contributed by atoms with Crippen molar-refractivity contribution in [3.63, 3.8) is 0 Å². The number of aliphatic hydroxyl groups excluding tert-OH is 1. The fraction of sp³-hybridized carbons (Fsp3) is 0.957. The molecule has 0 amide bonds. The predicted octanol–water partition coefficient (Wildman–Crippen LogP) is 28.7. The van der Waals surface area contributed by atoms with Crippen molar-refractivity contribution in [1.82, 2.24) is 0 Å². The van der Waals surface area contributed by atoms with E-state index in [1.165, 1.54) is 327 Å². The number of unbranched alkanes of at least 4 members (excludes halogenated alkanes) is 63. The molecule has 0 aliphatic heterocycles. The monoisotopic (exact) mass is 1620 g/mol. The SMILES string of the molecule is CCCCCCCCCCCCCCCCCCCCCCCCC(=O)O[C@H](COC(=O)CCCCCCCCCCCCCCCCCCCCC)COP(=O)(O)OC[C@@H](O)COP(=O)(O)OC[C@@H](COC(=O)CCCCCCCCCCC(C)CC)OC(=O)CCCCCCCCCCCCCCCCCCCC. The lowest BCUT2D eigenvalue weighted by Gasteiger charge is -2.21. The van der Waals surface area contributed by atoms with Gasteiger partial charge in [-0.25, -0.2) is 9.13 Å². The van der Waals surface area contributed by atoms with Crippen molar-refractivity contribution in [2.45, 2.75) is 522 Å². The van der Waals surface area contributed by atoms with Gasteiger partial charge in [0, 0.05) is 25.7 Å². The molecular formula is C92H180O17P2. The van der Waals surface area contributed by atoms with Crippen LogP contribution in [0.15, 0.2) is 0 Å². The molecule has 0 aromatic carbocycles. The molecule has 660 valence electrons. The number of phosphoric ester groups is 2. The lowest BCUT2D eigenvalue weighted by Crippen LogP contribution is -2.30. The van der Waals surface area contributed by atoms with Crippen molar-refractivity contribution >= 4 is 39.5 Å². The van der Waals surface area contributed by atoms with E-state index in [-0.39, 0.29) is 25.7 Å². The molecule has 0 heterocycles. The van der Waals surface area contributed by atoms with Crippen molar-refractivity contribution in [1.29, 1.82) is 0 Å². The molecule has 0 aromatic heterocycles.